The Hall–Kier alpha value is -3.79. The first-order valence-electron chi connectivity index (χ1n) is 12.2. The number of H-pyrrole nitrogens is 1. The highest BCUT2D eigenvalue weighted by molar-refractivity contribution is 5.83. The number of fused-ring (bicyclic) bond motifs is 1. The van der Waals surface area contributed by atoms with E-state index in [9.17, 15) is 9.59 Å². The van der Waals surface area contributed by atoms with Crippen molar-refractivity contribution in [3.63, 3.8) is 0 Å². The second-order valence-corrected chi connectivity index (χ2v) is 8.96. The molecule has 10 heteroatoms. The summed E-state index contributed by atoms with van der Waals surface area (Å²) in [5, 5.41) is 13.2. The molecule has 0 aliphatic carbocycles. The minimum atomic E-state index is -0.407. The Morgan fingerprint density at radius 3 is 2.78 bits per heavy atom. The van der Waals surface area contributed by atoms with Gasteiger partial charge < -0.3 is 14.1 Å². The maximum absolute atomic E-state index is 13.1. The van der Waals surface area contributed by atoms with Crippen LogP contribution in [0.4, 0.5) is 0 Å². The summed E-state index contributed by atoms with van der Waals surface area (Å²) in [5.41, 5.74) is 3.51. The molecule has 0 amide bonds. The number of nitrogens with zero attached hydrogens (tertiary/aromatic N) is 5. The summed E-state index contributed by atoms with van der Waals surface area (Å²) in [6.07, 6.45) is 3.19. The molecule has 0 bridgehead atoms. The van der Waals surface area contributed by atoms with Crippen LogP contribution in [0, 0.1) is 13.8 Å². The van der Waals surface area contributed by atoms with Gasteiger partial charge in [-0.25, -0.2) is 4.68 Å². The third kappa shape index (κ3) is 5.71. The van der Waals surface area contributed by atoms with Crippen LogP contribution in [-0.4, -0.2) is 42.7 Å². The highest BCUT2D eigenvalue weighted by atomic mass is 16.5. The van der Waals surface area contributed by atoms with E-state index in [4.69, 9.17) is 9.15 Å². The van der Waals surface area contributed by atoms with Gasteiger partial charge in [-0.2, -0.15) is 0 Å². The number of aromatic amines is 1. The Labute approximate surface area is 209 Å². The molecule has 0 saturated carbocycles. The average Bonchev–Trinajstić information content (AvgIpc) is 3.50. The maximum atomic E-state index is 13.1. The molecule has 0 spiro atoms. The van der Waals surface area contributed by atoms with Crippen molar-refractivity contribution in [1.29, 1.82) is 0 Å². The van der Waals surface area contributed by atoms with Crippen LogP contribution in [0.15, 0.2) is 45.8 Å². The maximum Gasteiger partial charge on any atom is 0.327 e. The normalized spacial score (nSPS) is 12.4. The molecule has 10 nitrogen and oxygen atoms in total. The van der Waals surface area contributed by atoms with Crippen LogP contribution >= 0.6 is 0 Å². The van der Waals surface area contributed by atoms with Gasteiger partial charge in [0, 0.05) is 23.0 Å². The standard InChI is InChI=1S/C26H32N6O4/c1-5-8-23(25-28-29-30-32(25)16-24(33)35-6-2)31(15-20-9-7-10-36-20)14-19-13-21-18(4)11-17(3)12-22(21)27-26(19)34/h7,9-13,23H,5-6,8,14-16H2,1-4H3,(H,27,34)/t23-/m1/s1. The summed E-state index contributed by atoms with van der Waals surface area (Å²) < 4.78 is 12.2. The van der Waals surface area contributed by atoms with Crippen LogP contribution in [0.2, 0.25) is 0 Å². The Kier molecular flexibility index (Phi) is 7.94. The van der Waals surface area contributed by atoms with E-state index < -0.39 is 5.97 Å². The van der Waals surface area contributed by atoms with Gasteiger partial charge in [-0.3, -0.25) is 14.5 Å². The van der Waals surface area contributed by atoms with Gasteiger partial charge in [0.2, 0.25) is 0 Å². The molecular formula is C26H32N6O4. The first-order chi connectivity index (χ1) is 17.4. The summed E-state index contributed by atoms with van der Waals surface area (Å²) >= 11 is 0. The largest absolute Gasteiger partial charge is 0.468 e. The third-order valence-corrected chi connectivity index (χ3v) is 6.15. The van der Waals surface area contributed by atoms with Gasteiger partial charge in [0.25, 0.3) is 5.56 Å². The van der Waals surface area contributed by atoms with E-state index in [1.165, 1.54) is 4.68 Å². The molecule has 0 aliphatic heterocycles. The highest BCUT2D eigenvalue weighted by Crippen LogP contribution is 2.28. The Morgan fingerprint density at radius 1 is 1.22 bits per heavy atom. The fraction of sp³-hybridized carbons (Fsp3) is 0.423. The molecule has 0 unspecified atom stereocenters. The van der Waals surface area contributed by atoms with Gasteiger partial charge in [-0.05, 0) is 73.0 Å². The topological polar surface area (TPSA) is 119 Å². The second-order valence-electron chi connectivity index (χ2n) is 8.96. The summed E-state index contributed by atoms with van der Waals surface area (Å²) in [7, 11) is 0. The van der Waals surface area contributed by atoms with Crippen LogP contribution in [0.25, 0.3) is 10.9 Å². The second kappa shape index (κ2) is 11.3. The molecule has 3 heterocycles. The zero-order chi connectivity index (χ0) is 25.7. The summed E-state index contributed by atoms with van der Waals surface area (Å²) in [6.45, 7) is 8.87. The smallest absolute Gasteiger partial charge is 0.327 e. The Balaban J connectivity index is 1.74. The lowest BCUT2D eigenvalue weighted by molar-refractivity contribution is -0.144. The summed E-state index contributed by atoms with van der Waals surface area (Å²) in [6, 6.07) is 9.52. The molecule has 36 heavy (non-hydrogen) atoms. The molecule has 190 valence electrons. The van der Waals surface area contributed by atoms with Gasteiger partial charge in [-0.1, -0.05) is 19.4 Å². The van der Waals surface area contributed by atoms with Crippen molar-refractivity contribution in [2.24, 2.45) is 0 Å². The van der Waals surface area contributed by atoms with E-state index in [0.29, 0.717) is 30.9 Å². The SMILES string of the molecule is CCC[C@H](c1nnnn1CC(=O)OCC)N(Cc1ccco1)Cc1cc2c(C)cc(C)cc2[nH]c1=O. The molecule has 1 atom stereocenters. The molecule has 0 radical (unpaired) electrons. The first kappa shape index (κ1) is 25.3. The van der Waals surface area contributed by atoms with Crippen LogP contribution in [-0.2, 0) is 29.2 Å². The van der Waals surface area contributed by atoms with Gasteiger partial charge in [0.1, 0.15) is 12.3 Å². The number of esters is 1. The van der Waals surface area contributed by atoms with E-state index in [2.05, 4.69) is 38.4 Å². The number of nitrogens with one attached hydrogen (secondary N) is 1. The molecule has 4 rings (SSSR count). The number of tetrazole rings is 1. The van der Waals surface area contributed by atoms with Crippen molar-refractivity contribution in [3.8, 4) is 0 Å². The van der Waals surface area contributed by atoms with E-state index in [1.807, 2.05) is 38.1 Å². The molecule has 0 aliphatic rings. The summed E-state index contributed by atoms with van der Waals surface area (Å²) in [5.74, 6) is 0.889. The number of carbonyl (C=O) groups excluding carboxylic acids is 1. The van der Waals surface area contributed by atoms with Crippen molar-refractivity contribution in [1.82, 2.24) is 30.1 Å². The predicted octanol–water partition coefficient (Wildman–Crippen LogP) is 3.83. The number of hydrogen-bond donors (Lipinski definition) is 1. The minimum absolute atomic E-state index is 0.0833. The number of aryl methyl sites for hydroxylation is 2. The highest BCUT2D eigenvalue weighted by Gasteiger charge is 2.28. The molecule has 1 aromatic carbocycles. The lowest BCUT2D eigenvalue weighted by Crippen LogP contribution is -2.33. The molecule has 0 fully saturated rings. The number of rotatable bonds is 11. The lowest BCUT2D eigenvalue weighted by Gasteiger charge is -2.30. The molecule has 3 aromatic heterocycles. The van der Waals surface area contributed by atoms with E-state index in [0.717, 1.165) is 34.2 Å². The van der Waals surface area contributed by atoms with Crippen LogP contribution in [0.3, 0.4) is 0 Å². The molecular weight excluding hydrogens is 460 g/mol. The zero-order valence-corrected chi connectivity index (χ0v) is 21.2. The third-order valence-electron chi connectivity index (χ3n) is 6.15. The first-order valence-corrected chi connectivity index (χ1v) is 12.2. The van der Waals surface area contributed by atoms with Crippen molar-refractivity contribution in [3.05, 3.63) is 75.2 Å². The van der Waals surface area contributed by atoms with E-state index >= 15 is 0 Å². The number of pyridine rings is 1. The fourth-order valence-corrected chi connectivity index (χ4v) is 4.57. The van der Waals surface area contributed by atoms with Crippen molar-refractivity contribution in [2.75, 3.05) is 6.61 Å². The van der Waals surface area contributed by atoms with Crippen LogP contribution in [0.5, 0.6) is 0 Å². The quantitative estimate of drug-likeness (QED) is 0.314. The van der Waals surface area contributed by atoms with Crippen molar-refractivity contribution < 1.29 is 13.9 Å². The average molecular weight is 493 g/mol. The number of benzene rings is 1. The van der Waals surface area contributed by atoms with Gasteiger partial charge in [0.15, 0.2) is 5.82 Å². The molecule has 4 aromatic rings. The number of aromatic nitrogens is 5. The van der Waals surface area contributed by atoms with Gasteiger partial charge in [-0.15, -0.1) is 5.10 Å². The van der Waals surface area contributed by atoms with E-state index in [-0.39, 0.29) is 24.8 Å². The monoisotopic (exact) mass is 492 g/mol. The van der Waals surface area contributed by atoms with Crippen LogP contribution < -0.4 is 5.56 Å². The van der Waals surface area contributed by atoms with E-state index in [1.54, 1.807) is 13.2 Å². The lowest BCUT2D eigenvalue weighted by atomic mass is 10.0. The van der Waals surface area contributed by atoms with Crippen LogP contribution in [0.1, 0.15) is 61.0 Å². The Morgan fingerprint density at radius 2 is 2.06 bits per heavy atom. The van der Waals surface area contributed by atoms with Gasteiger partial charge >= 0.3 is 5.97 Å². The number of hydrogen-bond acceptors (Lipinski definition) is 8. The zero-order valence-electron chi connectivity index (χ0n) is 21.2. The van der Waals surface area contributed by atoms with Crippen molar-refractivity contribution in [2.45, 2.75) is 66.2 Å². The Bertz CT molecular complexity index is 1380. The minimum Gasteiger partial charge on any atom is -0.468 e. The van der Waals surface area contributed by atoms with Gasteiger partial charge in [0.05, 0.1) is 25.5 Å². The summed E-state index contributed by atoms with van der Waals surface area (Å²) in [4.78, 5) is 30.5. The van der Waals surface area contributed by atoms with Crippen molar-refractivity contribution >= 4 is 16.9 Å². The number of carbonyl (C=O) groups is 1. The molecule has 0 saturated heterocycles. The fourth-order valence-electron chi connectivity index (χ4n) is 4.57. The number of furan rings is 1. The predicted molar refractivity (Wildman–Crippen MR) is 134 cm³/mol. The number of ether oxygens (including phenoxy) is 1. The molecule has 1 N–H and O–H groups in total.